The van der Waals surface area contributed by atoms with Gasteiger partial charge in [-0.25, -0.2) is 0 Å². The summed E-state index contributed by atoms with van der Waals surface area (Å²) in [5, 5.41) is 4.56. The quantitative estimate of drug-likeness (QED) is 0.744. The van der Waals surface area contributed by atoms with Crippen LogP contribution < -0.4 is 0 Å². The molecule has 0 saturated carbocycles. The van der Waals surface area contributed by atoms with Gasteiger partial charge in [-0.2, -0.15) is 0 Å². The van der Waals surface area contributed by atoms with Gasteiger partial charge < -0.3 is 0 Å². The van der Waals surface area contributed by atoms with E-state index in [1.165, 1.54) is 16.3 Å². The Hall–Kier alpha value is -1.64. The van der Waals surface area contributed by atoms with Crippen LogP contribution in [0.25, 0.3) is 16.8 Å². The van der Waals surface area contributed by atoms with Crippen molar-refractivity contribution in [1.82, 2.24) is 5.06 Å². The predicted octanol–water partition coefficient (Wildman–Crippen LogP) is 4.22. The van der Waals surface area contributed by atoms with E-state index in [2.05, 4.69) is 75.4 Å². The van der Waals surface area contributed by atoms with E-state index in [0.717, 1.165) is 0 Å². The number of fused-ring (bicyclic) bond motifs is 1. The second kappa shape index (κ2) is 4.48. The van der Waals surface area contributed by atoms with E-state index < -0.39 is 0 Å². The minimum absolute atomic E-state index is 0.0633. The van der Waals surface area contributed by atoms with E-state index in [1.54, 1.807) is 0 Å². The van der Waals surface area contributed by atoms with Crippen molar-refractivity contribution < 1.29 is 4.84 Å². The Morgan fingerprint density at radius 2 is 1.79 bits per heavy atom. The van der Waals surface area contributed by atoms with E-state index in [-0.39, 0.29) is 11.8 Å². The Morgan fingerprint density at radius 1 is 1.05 bits per heavy atom. The van der Waals surface area contributed by atoms with Crippen molar-refractivity contribution in [3.63, 3.8) is 0 Å². The Morgan fingerprint density at radius 3 is 2.53 bits per heavy atom. The fourth-order valence-electron chi connectivity index (χ4n) is 2.32. The first-order chi connectivity index (χ1) is 9.05. The van der Waals surface area contributed by atoms with Crippen molar-refractivity contribution in [3.8, 4) is 0 Å². The zero-order valence-electron chi connectivity index (χ0n) is 11.6. The molecular formula is C17H19NO. The Bertz CT molecular complexity index is 619. The highest BCUT2D eigenvalue weighted by Gasteiger charge is 2.42. The predicted molar refractivity (Wildman–Crippen MR) is 79.4 cm³/mol. The molecule has 98 valence electrons. The third kappa shape index (κ3) is 2.55. The Kier molecular flexibility index (Phi) is 2.92. The molecule has 19 heavy (non-hydrogen) atoms. The lowest BCUT2D eigenvalue weighted by Crippen LogP contribution is -2.26. The number of rotatable bonds is 2. The molecule has 1 aliphatic heterocycles. The Labute approximate surface area is 114 Å². The molecule has 2 nitrogen and oxygen atoms in total. The summed E-state index contributed by atoms with van der Waals surface area (Å²) in [6, 6.07) is 14.8. The molecule has 1 heterocycles. The van der Waals surface area contributed by atoms with Crippen LogP contribution in [0.5, 0.6) is 0 Å². The first-order valence-corrected chi connectivity index (χ1v) is 6.68. The highest BCUT2D eigenvalue weighted by Crippen LogP contribution is 2.32. The summed E-state index contributed by atoms with van der Waals surface area (Å²) < 4.78 is 0. The van der Waals surface area contributed by atoms with E-state index in [9.17, 15) is 0 Å². The number of hydrogen-bond donors (Lipinski definition) is 0. The third-order valence-corrected chi connectivity index (χ3v) is 3.33. The van der Waals surface area contributed by atoms with Crippen LogP contribution in [0.1, 0.15) is 26.3 Å². The maximum Gasteiger partial charge on any atom is 0.174 e. The molecule has 0 aliphatic carbocycles. The standard InChI is InChI=1S/C17H19NO/c1-17(2,3)18-16(19-18)12-11-14-9-6-8-13-7-4-5-10-15(13)14/h4-12,16H,1-3H3/b12-11+. The fourth-order valence-corrected chi connectivity index (χ4v) is 2.32. The van der Waals surface area contributed by atoms with Gasteiger partial charge >= 0.3 is 0 Å². The molecule has 0 bridgehead atoms. The molecule has 2 heteroatoms. The van der Waals surface area contributed by atoms with Gasteiger partial charge in [-0.05, 0) is 43.2 Å². The smallest absolute Gasteiger partial charge is 0.174 e. The molecule has 2 unspecified atom stereocenters. The average Bonchev–Trinajstić information content (AvgIpc) is 3.16. The number of nitrogens with zero attached hydrogens (tertiary/aromatic N) is 1. The SMILES string of the molecule is CC(C)(C)N1OC1/C=C/c1cccc2ccccc12. The summed E-state index contributed by atoms with van der Waals surface area (Å²) in [4.78, 5) is 5.56. The molecule has 1 saturated heterocycles. The summed E-state index contributed by atoms with van der Waals surface area (Å²) >= 11 is 0. The van der Waals surface area contributed by atoms with Gasteiger partial charge in [-0.15, -0.1) is 5.06 Å². The summed E-state index contributed by atoms with van der Waals surface area (Å²) in [6.07, 6.45) is 4.38. The molecule has 2 atom stereocenters. The largest absolute Gasteiger partial charge is 0.270 e. The van der Waals surface area contributed by atoms with Crippen molar-refractivity contribution in [1.29, 1.82) is 0 Å². The molecule has 2 aromatic rings. The minimum atomic E-state index is 0.0633. The third-order valence-electron chi connectivity index (χ3n) is 3.33. The first kappa shape index (κ1) is 12.4. The molecule has 0 amide bonds. The highest BCUT2D eigenvalue weighted by molar-refractivity contribution is 5.90. The first-order valence-electron chi connectivity index (χ1n) is 6.68. The molecule has 0 radical (unpaired) electrons. The van der Waals surface area contributed by atoms with Crippen LogP contribution in [0.4, 0.5) is 0 Å². The maximum atomic E-state index is 5.56. The maximum absolute atomic E-state index is 5.56. The zero-order valence-corrected chi connectivity index (χ0v) is 11.6. The summed E-state index contributed by atoms with van der Waals surface area (Å²) in [5.74, 6) is 0. The van der Waals surface area contributed by atoms with Crippen LogP contribution in [0.3, 0.4) is 0 Å². The van der Waals surface area contributed by atoms with E-state index in [4.69, 9.17) is 4.84 Å². The number of hydroxylamine groups is 2. The van der Waals surface area contributed by atoms with Gasteiger partial charge in [0.1, 0.15) is 0 Å². The monoisotopic (exact) mass is 253 g/mol. The number of hydrogen-bond acceptors (Lipinski definition) is 2. The average molecular weight is 253 g/mol. The molecular weight excluding hydrogens is 234 g/mol. The van der Waals surface area contributed by atoms with Gasteiger partial charge in [0.25, 0.3) is 0 Å². The molecule has 0 aromatic heterocycles. The van der Waals surface area contributed by atoms with Crippen LogP contribution in [0, 0.1) is 0 Å². The van der Waals surface area contributed by atoms with E-state index >= 15 is 0 Å². The van der Waals surface area contributed by atoms with Crippen LogP contribution in [-0.4, -0.2) is 16.8 Å². The molecule has 0 spiro atoms. The van der Waals surface area contributed by atoms with Crippen LogP contribution in [-0.2, 0) is 4.84 Å². The van der Waals surface area contributed by atoms with Gasteiger partial charge in [0.2, 0.25) is 0 Å². The zero-order chi connectivity index (χ0) is 13.5. The van der Waals surface area contributed by atoms with Crippen molar-refractivity contribution >= 4 is 16.8 Å². The molecule has 2 aromatic carbocycles. The number of benzene rings is 2. The minimum Gasteiger partial charge on any atom is -0.270 e. The second-order valence-electron chi connectivity index (χ2n) is 5.92. The topological polar surface area (TPSA) is 15.5 Å². The lowest BCUT2D eigenvalue weighted by atomic mass is 10.0. The van der Waals surface area contributed by atoms with E-state index in [1.807, 2.05) is 5.06 Å². The van der Waals surface area contributed by atoms with Gasteiger partial charge in [0.05, 0.1) is 0 Å². The van der Waals surface area contributed by atoms with Crippen molar-refractivity contribution in [2.75, 3.05) is 0 Å². The van der Waals surface area contributed by atoms with Crippen molar-refractivity contribution in [3.05, 3.63) is 54.1 Å². The van der Waals surface area contributed by atoms with Crippen molar-refractivity contribution in [2.24, 2.45) is 0 Å². The van der Waals surface area contributed by atoms with E-state index in [0.29, 0.717) is 0 Å². The van der Waals surface area contributed by atoms with Crippen LogP contribution in [0.2, 0.25) is 0 Å². The summed E-state index contributed by atoms with van der Waals surface area (Å²) in [6.45, 7) is 6.45. The Balaban J connectivity index is 1.83. The molecule has 0 N–H and O–H groups in total. The van der Waals surface area contributed by atoms with Crippen LogP contribution in [0.15, 0.2) is 48.5 Å². The van der Waals surface area contributed by atoms with Crippen molar-refractivity contribution in [2.45, 2.75) is 32.5 Å². The second-order valence-corrected chi connectivity index (χ2v) is 5.92. The lowest BCUT2D eigenvalue weighted by Gasteiger charge is -2.15. The van der Waals surface area contributed by atoms with Gasteiger partial charge in [0.15, 0.2) is 6.23 Å². The summed E-state index contributed by atoms with van der Waals surface area (Å²) in [7, 11) is 0. The normalized spacial score (nSPS) is 23.1. The molecule has 3 rings (SSSR count). The summed E-state index contributed by atoms with van der Waals surface area (Å²) in [5.41, 5.74) is 1.30. The fraction of sp³-hybridized carbons (Fsp3) is 0.294. The highest BCUT2D eigenvalue weighted by atomic mass is 16.8. The lowest BCUT2D eigenvalue weighted by molar-refractivity contribution is 0.101. The van der Waals surface area contributed by atoms with Gasteiger partial charge in [-0.3, -0.25) is 4.84 Å². The molecule has 1 aliphatic rings. The van der Waals surface area contributed by atoms with Crippen LogP contribution >= 0.6 is 0 Å². The molecule has 1 fully saturated rings. The van der Waals surface area contributed by atoms with Gasteiger partial charge in [0, 0.05) is 5.54 Å². The van der Waals surface area contributed by atoms with Gasteiger partial charge in [-0.1, -0.05) is 48.5 Å².